The molecule has 0 radical (unpaired) electrons. The van der Waals surface area contributed by atoms with Crippen molar-refractivity contribution in [2.24, 2.45) is 4.99 Å². The summed E-state index contributed by atoms with van der Waals surface area (Å²) in [6.07, 6.45) is 0. The summed E-state index contributed by atoms with van der Waals surface area (Å²) in [5.74, 6) is 0.751. The number of amides is 1. The van der Waals surface area contributed by atoms with E-state index in [1.165, 1.54) is 5.69 Å². The Hall–Kier alpha value is -3.06. The Balaban J connectivity index is 1.39. The number of aliphatic imine (C=N–C) groups is 1. The van der Waals surface area contributed by atoms with Crippen molar-refractivity contribution in [3.05, 3.63) is 66.2 Å². The average molecular weight is 436 g/mol. The van der Waals surface area contributed by atoms with Gasteiger partial charge in [0.05, 0.1) is 19.1 Å². The molecule has 2 aliphatic rings. The molecule has 170 valence electrons. The van der Waals surface area contributed by atoms with E-state index in [0.717, 1.165) is 37.7 Å². The number of anilines is 1. The number of morpholine rings is 1. The maximum absolute atomic E-state index is 13.3. The van der Waals surface area contributed by atoms with Crippen LogP contribution in [0.4, 0.5) is 5.69 Å². The minimum atomic E-state index is -0.253. The molecule has 1 amide bonds. The molecule has 2 aromatic carbocycles. The zero-order chi connectivity index (χ0) is 22.2. The van der Waals surface area contributed by atoms with Crippen molar-refractivity contribution in [3.63, 3.8) is 0 Å². The van der Waals surface area contributed by atoms with Crippen molar-refractivity contribution in [1.29, 1.82) is 0 Å². The van der Waals surface area contributed by atoms with E-state index in [9.17, 15) is 4.79 Å². The second-order valence-electron chi connectivity index (χ2n) is 8.14. The lowest BCUT2D eigenvalue weighted by molar-refractivity contribution is -0.136. The van der Waals surface area contributed by atoms with Crippen LogP contribution in [0.25, 0.3) is 0 Å². The molecule has 32 heavy (non-hydrogen) atoms. The van der Waals surface area contributed by atoms with E-state index in [1.807, 2.05) is 48.3 Å². The number of ether oxygens (including phenoxy) is 1. The van der Waals surface area contributed by atoms with Crippen molar-refractivity contribution in [2.75, 3.05) is 71.0 Å². The topological polar surface area (TPSA) is 60.4 Å². The highest BCUT2D eigenvalue weighted by Crippen LogP contribution is 2.20. The maximum atomic E-state index is 13.3. The fraction of sp³-hybridized carbons (Fsp3) is 0.440. The maximum Gasteiger partial charge on any atom is 0.232 e. The van der Waals surface area contributed by atoms with Crippen molar-refractivity contribution in [2.45, 2.75) is 5.92 Å². The quantitative estimate of drug-likeness (QED) is 0.575. The molecule has 2 heterocycles. The molecule has 4 rings (SSSR count). The number of carbonyl (C=O) groups is 1. The molecule has 0 bridgehead atoms. The third-order valence-corrected chi connectivity index (χ3v) is 6.20. The first-order valence-electron chi connectivity index (χ1n) is 11.4. The van der Waals surface area contributed by atoms with Crippen molar-refractivity contribution < 1.29 is 9.53 Å². The molecule has 7 heteroatoms. The van der Waals surface area contributed by atoms with Crippen LogP contribution in [0.2, 0.25) is 0 Å². The van der Waals surface area contributed by atoms with E-state index in [1.54, 1.807) is 0 Å². The summed E-state index contributed by atoms with van der Waals surface area (Å²) in [6, 6.07) is 20.6. The predicted molar refractivity (Wildman–Crippen MR) is 128 cm³/mol. The Morgan fingerprint density at radius 3 is 2.16 bits per heavy atom. The average Bonchev–Trinajstić information content (AvgIpc) is 2.88. The van der Waals surface area contributed by atoms with Gasteiger partial charge in [-0.1, -0.05) is 48.5 Å². The zero-order valence-corrected chi connectivity index (χ0v) is 18.8. The van der Waals surface area contributed by atoms with Gasteiger partial charge in [-0.3, -0.25) is 9.79 Å². The first kappa shape index (κ1) is 22.1. The second-order valence-corrected chi connectivity index (χ2v) is 8.14. The number of benzene rings is 2. The van der Waals surface area contributed by atoms with Gasteiger partial charge in [-0.15, -0.1) is 0 Å². The number of hydrogen-bond acceptors (Lipinski definition) is 4. The minimum Gasteiger partial charge on any atom is -0.378 e. The molecule has 0 spiro atoms. The van der Waals surface area contributed by atoms with Crippen LogP contribution in [-0.4, -0.2) is 87.7 Å². The van der Waals surface area contributed by atoms with E-state index in [4.69, 9.17) is 4.74 Å². The molecule has 2 aromatic rings. The third-order valence-electron chi connectivity index (χ3n) is 6.20. The summed E-state index contributed by atoms with van der Waals surface area (Å²) in [7, 11) is 1.81. The highest BCUT2D eigenvalue weighted by atomic mass is 16.5. The lowest BCUT2D eigenvalue weighted by Gasteiger charge is -2.38. The first-order valence-corrected chi connectivity index (χ1v) is 11.4. The number of nitrogens with one attached hydrogen (secondary N) is 1. The Morgan fingerprint density at radius 1 is 0.906 bits per heavy atom. The number of piperazine rings is 1. The molecule has 1 atom stereocenters. The largest absolute Gasteiger partial charge is 0.378 e. The Bertz CT molecular complexity index is 876. The summed E-state index contributed by atoms with van der Waals surface area (Å²) >= 11 is 0. The number of guanidine groups is 1. The van der Waals surface area contributed by atoms with Crippen LogP contribution in [0, 0.1) is 0 Å². The molecule has 2 aliphatic heterocycles. The van der Waals surface area contributed by atoms with Crippen LogP contribution in [-0.2, 0) is 9.53 Å². The van der Waals surface area contributed by atoms with E-state index in [2.05, 4.69) is 44.4 Å². The van der Waals surface area contributed by atoms with Crippen LogP contribution in [0.5, 0.6) is 0 Å². The third kappa shape index (κ3) is 5.40. The van der Waals surface area contributed by atoms with Crippen molar-refractivity contribution >= 4 is 17.6 Å². The lowest BCUT2D eigenvalue weighted by Crippen LogP contribution is -2.53. The number of nitrogens with zero attached hydrogens (tertiary/aromatic N) is 4. The summed E-state index contributed by atoms with van der Waals surface area (Å²) in [5, 5.41) is 3.49. The van der Waals surface area contributed by atoms with Crippen molar-refractivity contribution in [1.82, 2.24) is 15.1 Å². The number of carbonyl (C=O) groups excluding carboxylic acids is 1. The number of para-hydroxylation sites is 1. The van der Waals surface area contributed by atoms with E-state index in [0.29, 0.717) is 32.8 Å². The molecular weight excluding hydrogens is 402 g/mol. The molecule has 1 N–H and O–H groups in total. The molecule has 1 unspecified atom stereocenters. The lowest BCUT2D eigenvalue weighted by atomic mass is 9.97. The molecular formula is C25H33N5O2. The van der Waals surface area contributed by atoms with Gasteiger partial charge in [0.2, 0.25) is 5.91 Å². The number of hydrogen-bond donors (Lipinski definition) is 1. The van der Waals surface area contributed by atoms with Crippen molar-refractivity contribution in [3.8, 4) is 0 Å². The zero-order valence-electron chi connectivity index (χ0n) is 18.8. The Kier molecular flexibility index (Phi) is 7.61. The molecule has 0 aliphatic carbocycles. The van der Waals surface area contributed by atoms with Crippen LogP contribution in [0.1, 0.15) is 11.5 Å². The monoisotopic (exact) mass is 435 g/mol. The normalized spacial score (nSPS) is 18.4. The van der Waals surface area contributed by atoms with Crippen LogP contribution >= 0.6 is 0 Å². The molecule has 0 saturated carbocycles. The Morgan fingerprint density at radius 2 is 1.53 bits per heavy atom. The van der Waals surface area contributed by atoms with Gasteiger partial charge in [0.25, 0.3) is 0 Å². The van der Waals surface area contributed by atoms with Gasteiger partial charge in [0, 0.05) is 58.5 Å². The van der Waals surface area contributed by atoms with Gasteiger partial charge in [0.1, 0.15) is 0 Å². The van der Waals surface area contributed by atoms with Gasteiger partial charge in [-0.2, -0.15) is 0 Å². The van der Waals surface area contributed by atoms with Gasteiger partial charge in [-0.05, 0) is 17.7 Å². The predicted octanol–water partition coefficient (Wildman–Crippen LogP) is 2.03. The Labute approximate surface area is 190 Å². The summed E-state index contributed by atoms with van der Waals surface area (Å²) < 4.78 is 5.43. The molecule has 0 aromatic heterocycles. The standard InChI is InChI=1S/C25H33N5O2/c1-26-25(30-14-12-28(13-15-30)22-10-6-3-7-11-22)27-20-23(21-8-4-2-5-9-21)24(31)29-16-18-32-19-17-29/h2-11,23H,12-20H2,1H3,(H,26,27). The second kappa shape index (κ2) is 11.0. The van der Waals surface area contributed by atoms with Gasteiger partial charge in [-0.25, -0.2) is 0 Å². The minimum absolute atomic E-state index is 0.149. The van der Waals surface area contributed by atoms with E-state index < -0.39 is 0 Å². The summed E-state index contributed by atoms with van der Waals surface area (Å²) in [4.78, 5) is 24.5. The highest BCUT2D eigenvalue weighted by Gasteiger charge is 2.28. The van der Waals surface area contributed by atoms with E-state index >= 15 is 0 Å². The summed E-state index contributed by atoms with van der Waals surface area (Å²) in [5.41, 5.74) is 2.29. The van der Waals surface area contributed by atoms with Crippen LogP contribution in [0.15, 0.2) is 65.7 Å². The smallest absolute Gasteiger partial charge is 0.232 e. The van der Waals surface area contributed by atoms with E-state index in [-0.39, 0.29) is 11.8 Å². The van der Waals surface area contributed by atoms with Crippen LogP contribution in [0.3, 0.4) is 0 Å². The molecule has 2 saturated heterocycles. The molecule has 7 nitrogen and oxygen atoms in total. The number of rotatable bonds is 5. The molecule has 2 fully saturated rings. The fourth-order valence-electron chi connectivity index (χ4n) is 4.38. The first-order chi connectivity index (χ1) is 15.8. The highest BCUT2D eigenvalue weighted by molar-refractivity contribution is 5.86. The summed E-state index contributed by atoms with van der Waals surface area (Å²) in [6.45, 7) is 6.70. The SMILES string of the molecule is CN=C(NCC(C(=O)N1CCOCC1)c1ccccc1)N1CCN(c2ccccc2)CC1. The van der Waals surface area contributed by atoms with Gasteiger partial charge < -0.3 is 24.8 Å². The van der Waals surface area contributed by atoms with Gasteiger partial charge in [0.15, 0.2) is 5.96 Å². The fourth-order valence-corrected chi connectivity index (χ4v) is 4.38. The van der Waals surface area contributed by atoms with Crippen LogP contribution < -0.4 is 10.2 Å². The van der Waals surface area contributed by atoms with Gasteiger partial charge >= 0.3 is 0 Å².